The molecular formula is C14H17NO4. The zero-order chi connectivity index (χ0) is 13.7. The fourth-order valence-electron chi connectivity index (χ4n) is 1.95. The Morgan fingerprint density at radius 1 is 1.32 bits per heavy atom. The molecule has 5 heteroatoms. The summed E-state index contributed by atoms with van der Waals surface area (Å²) in [6.45, 7) is 0.638. The van der Waals surface area contributed by atoms with Gasteiger partial charge in [-0.05, 0) is 11.6 Å². The van der Waals surface area contributed by atoms with Crippen molar-refractivity contribution in [3.63, 3.8) is 0 Å². The maximum atomic E-state index is 11.6. The average molecular weight is 263 g/mol. The van der Waals surface area contributed by atoms with Crippen LogP contribution in [-0.2, 0) is 21.0 Å². The second-order valence-electron chi connectivity index (χ2n) is 4.26. The smallest absolute Gasteiger partial charge is 0.270 e. The molecule has 0 fully saturated rings. The number of benzene rings is 1. The first-order valence-electron chi connectivity index (χ1n) is 6.07. The molecule has 0 radical (unpaired) electrons. The number of nitrogens with zero attached hydrogens (tertiary/aromatic N) is 1. The molecule has 1 aromatic rings. The first-order chi connectivity index (χ1) is 9.22. The first kappa shape index (κ1) is 13.7. The third-order valence-corrected chi connectivity index (χ3v) is 2.95. The molecule has 5 nitrogen and oxygen atoms in total. The van der Waals surface area contributed by atoms with Gasteiger partial charge in [-0.15, -0.1) is 0 Å². The van der Waals surface area contributed by atoms with E-state index in [-0.39, 0.29) is 12.5 Å². The van der Waals surface area contributed by atoms with E-state index in [4.69, 9.17) is 9.57 Å². The lowest BCUT2D eigenvalue weighted by Gasteiger charge is -2.33. The summed E-state index contributed by atoms with van der Waals surface area (Å²) in [7, 11) is 1.40. The molecule has 0 spiro atoms. The predicted molar refractivity (Wildman–Crippen MR) is 68.9 cm³/mol. The van der Waals surface area contributed by atoms with Gasteiger partial charge in [0.25, 0.3) is 5.91 Å². The van der Waals surface area contributed by atoms with Gasteiger partial charge in [0.15, 0.2) is 0 Å². The van der Waals surface area contributed by atoms with E-state index in [0.29, 0.717) is 6.61 Å². The van der Waals surface area contributed by atoms with Crippen LogP contribution in [0.3, 0.4) is 0 Å². The average Bonchev–Trinajstić information content (AvgIpc) is 2.44. The van der Waals surface area contributed by atoms with Crippen molar-refractivity contribution in [3.05, 3.63) is 48.0 Å². The first-order valence-corrected chi connectivity index (χ1v) is 6.07. The third kappa shape index (κ3) is 3.41. The molecule has 2 atom stereocenters. The number of aliphatic hydroxyl groups excluding tert-OH is 1. The van der Waals surface area contributed by atoms with Gasteiger partial charge >= 0.3 is 0 Å². The van der Waals surface area contributed by atoms with E-state index in [1.807, 2.05) is 30.3 Å². The van der Waals surface area contributed by atoms with E-state index in [2.05, 4.69) is 0 Å². The van der Waals surface area contributed by atoms with Crippen LogP contribution >= 0.6 is 0 Å². The van der Waals surface area contributed by atoms with Crippen molar-refractivity contribution in [2.45, 2.75) is 18.8 Å². The second kappa shape index (κ2) is 6.47. The van der Waals surface area contributed by atoms with Gasteiger partial charge in [0.2, 0.25) is 0 Å². The van der Waals surface area contributed by atoms with E-state index in [1.165, 1.54) is 19.3 Å². The summed E-state index contributed by atoms with van der Waals surface area (Å²) in [4.78, 5) is 16.5. The molecule has 19 heavy (non-hydrogen) atoms. The zero-order valence-electron chi connectivity index (χ0n) is 10.7. The quantitative estimate of drug-likeness (QED) is 0.857. The van der Waals surface area contributed by atoms with Crippen molar-refractivity contribution in [3.8, 4) is 0 Å². The van der Waals surface area contributed by atoms with Gasteiger partial charge in [-0.2, -0.15) is 0 Å². The van der Waals surface area contributed by atoms with E-state index in [0.717, 1.165) is 10.6 Å². The summed E-state index contributed by atoms with van der Waals surface area (Å²) in [6, 6.07) is 9.19. The van der Waals surface area contributed by atoms with Gasteiger partial charge in [-0.3, -0.25) is 9.63 Å². The largest absolute Gasteiger partial charge is 0.387 e. The number of ether oxygens (including phenoxy) is 1. The van der Waals surface area contributed by atoms with E-state index in [1.54, 1.807) is 0 Å². The van der Waals surface area contributed by atoms with Crippen molar-refractivity contribution >= 4 is 5.91 Å². The summed E-state index contributed by atoms with van der Waals surface area (Å²) >= 11 is 0. The van der Waals surface area contributed by atoms with Crippen molar-refractivity contribution in [1.29, 1.82) is 0 Å². The number of rotatable bonds is 5. The van der Waals surface area contributed by atoms with Crippen LogP contribution in [0.25, 0.3) is 0 Å². The Morgan fingerprint density at radius 3 is 2.74 bits per heavy atom. The van der Waals surface area contributed by atoms with Gasteiger partial charge in [-0.1, -0.05) is 30.3 Å². The summed E-state index contributed by atoms with van der Waals surface area (Å²) < 4.78 is 5.54. The highest BCUT2D eigenvalue weighted by Crippen LogP contribution is 2.14. The standard InChI is InChI=1S/C14H17NO4/c1-18-15-12(13(16)7-8-14(15)17)10-19-9-11-5-3-2-4-6-11/h2-8,12-13,16H,9-10H2,1H3/t12-,13+/m1/s1. The Bertz CT molecular complexity index is 446. The molecule has 0 bridgehead atoms. The van der Waals surface area contributed by atoms with Crippen LogP contribution in [0.4, 0.5) is 0 Å². The molecule has 0 saturated carbocycles. The summed E-state index contributed by atoms with van der Waals surface area (Å²) in [6.07, 6.45) is 1.96. The topological polar surface area (TPSA) is 59.0 Å². The third-order valence-electron chi connectivity index (χ3n) is 2.95. The van der Waals surface area contributed by atoms with Crippen LogP contribution in [0.1, 0.15) is 5.56 Å². The fourth-order valence-corrected chi connectivity index (χ4v) is 1.95. The number of hydroxylamine groups is 2. The van der Waals surface area contributed by atoms with Crippen LogP contribution in [0.15, 0.2) is 42.5 Å². The van der Waals surface area contributed by atoms with Crippen LogP contribution in [0.5, 0.6) is 0 Å². The Kier molecular flexibility index (Phi) is 4.68. The Labute approximate surface area is 112 Å². The van der Waals surface area contributed by atoms with E-state index in [9.17, 15) is 9.90 Å². The molecular weight excluding hydrogens is 246 g/mol. The lowest BCUT2D eigenvalue weighted by Crippen LogP contribution is -2.50. The maximum absolute atomic E-state index is 11.6. The molecule has 0 aromatic heterocycles. The van der Waals surface area contributed by atoms with Crippen LogP contribution < -0.4 is 0 Å². The normalized spacial score (nSPS) is 22.8. The van der Waals surface area contributed by atoms with Crippen molar-refractivity contribution < 1.29 is 19.5 Å². The molecule has 2 rings (SSSR count). The SMILES string of the molecule is CON1C(=O)C=C[C@H](O)[C@H]1COCc1ccccc1. The number of hydrogen-bond donors (Lipinski definition) is 1. The van der Waals surface area contributed by atoms with Gasteiger partial charge in [0.1, 0.15) is 6.04 Å². The highest BCUT2D eigenvalue weighted by Gasteiger charge is 2.32. The molecule has 1 aromatic carbocycles. The summed E-state index contributed by atoms with van der Waals surface area (Å²) in [5.41, 5.74) is 1.04. The fraction of sp³-hybridized carbons (Fsp3) is 0.357. The molecule has 102 valence electrons. The Morgan fingerprint density at radius 2 is 2.05 bits per heavy atom. The Hall–Kier alpha value is -1.69. The molecule has 1 aliphatic heterocycles. The number of amides is 1. The highest BCUT2D eigenvalue weighted by molar-refractivity contribution is 5.88. The monoisotopic (exact) mass is 263 g/mol. The van der Waals surface area contributed by atoms with Crippen molar-refractivity contribution in [1.82, 2.24) is 5.06 Å². The highest BCUT2D eigenvalue weighted by atomic mass is 16.7. The van der Waals surface area contributed by atoms with Crippen molar-refractivity contribution in [2.75, 3.05) is 13.7 Å². The van der Waals surface area contributed by atoms with E-state index >= 15 is 0 Å². The van der Waals surface area contributed by atoms with Gasteiger partial charge < -0.3 is 9.84 Å². The van der Waals surface area contributed by atoms with Gasteiger partial charge in [0, 0.05) is 6.08 Å². The molecule has 1 aliphatic rings. The lowest BCUT2D eigenvalue weighted by atomic mass is 10.1. The van der Waals surface area contributed by atoms with E-state index < -0.39 is 12.1 Å². The molecule has 0 saturated heterocycles. The zero-order valence-corrected chi connectivity index (χ0v) is 10.7. The minimum Gasteiger partial charge on any atom is -0.387 e. The maximum Gasteiger partial charge on any atom is 0.270 e. The minimum atomic E-state index is -0.784. The van der Waals surface area contributed by atoms with Crippen LogP contribution in [0, 0.1) is 0 Å². The van der Waals surface area contributed by atoms with Crippen molar-refractivity contribution in [2.24, 2.45) is 0 Å². The van der Waals surface area contributed by atoms with Crippen LogP contribution in [-0.4, -0.2) is 41.9 Å². The summed E-state index contributed by atoms with van der Waals surface area (Å²) in [5, 5.41) is 11.0. The predicted octanol–water partition coefficient (Wildman–Crippen LogP) is 0.892. The number of hydrogen-bond acceptors (Lipinski definition) is 4. The minimum absolute atomic E-state index is 0.208. The molecule has 1 amide bonds. The second-order valence-corrected chi connectivity index (χ2v) is 4.26. The lowest BCUT2D eigenvalue weighted by molar-refractivity contribution is -0.201. The molecule has 0 unspecified atom stereocenters. The summed E-state index contributed by atoms with van der Waals surface area (Å²) in [5.74, 6) is -0.291. The van der Waals surface area contributed by atoms with Gasteiger partial charge in [0.05, 0.1) is 26.4 Å². The Balaban J connectivity index is 1.90. The molecule has 1 heterocycles. The molecule has 0 aliphatic carbocycles. The van der Waals surface area contributed by atoms with Gasteiger partial charge in [-0.25, -0.2) is 5.06 Å². The van der Waals surface area contributed by atoms with Crippen LogP contribution in [0.2, 0.25) is 0 Å². The number of carbonyl (C=O) groups excluding carboxylic acids is 1. The number of carbonyl (C=O) groups is 1. The molecule has 1 N–H and O–H groups in total. The number of aliphatic hydroxyl groups is 1.